The van der Waals surface area contributed by atoms with Crippen LogP contribution in [0.2, 0.25) is 0 Å². The molecule has 0 saturated carbocycles. The Morgan fingerprint density at radius 2 is 2.38 bits per heavy atom. The van der Waals surface area contributed by atoms with Gasteiger partial charge in [0, 0.05) is 12.7 Å². The summed E-state index contributed by atoms with van der Waals surface area (Å²) in [6.07, 6.45) is 1.04. The second-order valence-corrected chi connectivity index (χ2v) is 2.76. The Kier molecular flexibility index (Phi) is 1.96. The van der Waals surface area contributed by atoms with Gasteiger partial charge in [0.2, 0.25) is 0 Å². The van der Waals surface area contributed by atoms with E-state index in [0.717, 1.165) is 5.52 Å². The van der Waals surface area contributed by atoms with Gasteiger partial charge < -0.3 is 10.8 Å². The highest BCUT2D eigenvalue weighted by Crippen LogP contribution is 2.14. The van der Waals surface area contributed by atoms with Crippen molar-refractivity contribution in [3.05, 3.63) is 30.1 Å². The average Bonchev–Trinajstić information content (AvgIpc) is 2.60. The van der Waals surface area contributed by atoms with Crippen molar-refractivity contribution < 1.29 is 5.11 Å². The van der Waals surface area contributed by atoms with Crippen molar-refractivity contribution in [2.45, 2.75) is 6.10 Å². The number of nitrogens with zero attached hydrogens (tertiary/aromatic N) is 3. The van der Waals surface area contributed by atoms with Crippen LogP contribution in [0.3, 0.4) is 0 Å². The largest absolute Gasteiger partial charge is 0.385 e. The number of fused-ring (bicyclic) bond motifs is 1. The van der Waals surface area contributed by atoms with Gasteiger partial charge in [-0.2, -0.15) is 0 Å². The zero-order chi connectivity index (χ0) is 9.26. The van der Waals surface area contributed by atoms with Crippen LogP contribution in [-0.2, 0) is 0 Å². The van der Waals surface area contributed by atoms with E-state index in [2.05, 4.69) is 10.3 Å². The molecule has 1 unspecified atom stereocenters. The van der Waals surface area contributed by atoms with Crippen LogP contribution in [0.4, 0.5) is 0 Å². The van der Waals surface area contributed by atoms with E-state index >= 15 is 0 Å². The van der Waals surface area contributed by atoms with E-state index in [1.807, 2.05) is 18.2 Å². The Hall–Kier alpha value is -1.46. The molecular weight excluding hydrogens is 168 g/mol. The van der Waals surface area contributed by atoms with Crippen LogP contribution in [0.1, 0.15) is 11.8 Å². The van der Waals surface area contributed by atoms with Gasteiger partial charge in [-0.25, -0.2) is 4.52 Å². The first-order valence-electron chi connectivity index (χ1n) is 4.01. The van der Waals surface area contributed by atoms with E-state index in [0.29, 0.717) is 5.69 Å². The lowest BCUT2D eigenvalue weighted by molar-refractivity contribution is 0.183. The Labute approximate surface area is 74.8 Å². The fourth-order valence-corrected chi connectivity index (χ4v) is 1.21. The Bertz CT molecular complexity index is 411. The molecule has 13 heavy (non-hydrogen) atoms. The number of aromatic nitrogens is 3. The molecule has 0 spiro atoms. The first-order chi connectivity index (χ1) is 6.33. The van der Waals surface area contributed by atoms with E-state index in [1.165, 1.54) is 0 Å². The standard InChI is InChI=1S/C8H10N4O/c9-5-7(13)8-6-3-1-2-4-12(6)11-10-8/h1-4,7,13H,5,9H2. The summed E-state index contributed by atoms with van der Waals surface area (Å²) >= 11 is 0. The molecule has 5 heteroatoms. The van der Waals surface area contributed by atoms with Crippen molar-refractivity contribution in [1.29, 1.82) is 0 Å². The quantitative estimate of drug-likeness (QED) is 0.663. The van der Waals surface area contributed by atoms with Crippen LogP contribution >= 0.6 is 0 Å². The number of hydrogen-bond acceptors (Lipinski definition) is 4. The van der Waals surface area contributed by atoms with Crippen molar-refractivity contribution in [3.8, 4) is 0 Å². The lowest BCUT2D eigenvalue weighted by Crippen LogP contribution is -2.12. The van der Waals surface area contributed by atoms with Crippen molar-refractivity contribution in [1.82, 2.24) is 14.8 Å². The molecule has 2 rings (SSSR count). The molecule has 0 saturated heterocycles. The second-order valence-electron chi connectivity index (χ2n) is 2.76. The minimum Gasteiger partial charge on any atom is -0.385 e. The predicted octanol–water partition coefficient (Wildman–Crippen LogP) is -0.279. The smallest absolute Gasteiger partial charge is 0.120 e. The molecule has 5 nitrogen and oxygen atoms in total. The van der Waals surface area contributed by atoms with Gasteiger partial charge in [-0.05, 0) is 12.1 Å². The number of rotatable bonds is 2. The highest BCUT2D eigenvalue weighted by Gasteiger charge is 2.12. The molecule has 0 bridgehead atoms. The van der Waals surface area contributed by atoms with Crippen LogP contribution in [0.15, 0.2) is 24.4 Å². The van der Waals surface area contributed by atoms with Crippen molar-refractivity contribution in [2.75, 3.05) is 6.54 Å². The Morgan fingerprint density at radius 1 is 1.54 bits per heavy atom. The molecule has 0 amide bonds. The van der Waals surface area contributed by atoms with Crippen molar-refractivity contribution in [2.24, 2.45) is 5.73 Å². The third-order valence-corrected chi connectivity index (χ3v) is 1.89. The maximum atomic E-state index is 9.48. The number of aliphatic hydroxyl groups excluding tert-OH is 1. The van der Waals surface area contributed by atoms with Gasteiger partial charge in [-0.3, -0.25) is 0 Å². The summed E-state index contributed by atoms with van der Waals surface area (Å²) in [6.45, 7) is 0.156. The monoisotopic (exact) mass is 178 g/mol. The molecule has 0 aliphatic carbocycles. The SMILES string of the molecule is NCC(O)c1nnn2ccccc12. The van der Waals surface area contributed by atoms with Gasteiger partial charge in [-0.1, -0.05) is 11.3 Å². The van der Waals surface area contributed by atoms with Gasteiger partial charge >= 0.3 is 0 Å². The average molecular weight is 178 g/mol. The fourth-order valence-electron chi connectivity index (χ4n) is 1.21. The summed E-state index contributed by atoms with van der Waals surface area (Å²) < 4.78 is 1.61. The Balaban J connectivity index is 2.57. The molecule has 3 N–H and O–H groups in total. The lowest BCUT2D eigenvalue weighted by atomic mass is 10.2. The van der Waals surface area contributed by atoms with Crippen LogP contribution in [0.25, 0.3) is 5.52 Å². The zero-order valence-corrected chi connectivity index (χ0v) is 6.96. The second kappa shape index (κ2) is 3.12. The zero-order valence-electron chi connectivity index (χ0n) is 6.96. The number of hydrogen-bond donors (Lipinski definition) is 2. The third-order valence-electron chi connectivity index (χ3n) is 1.89. The minimum absolute atomic E-state index is 0.156. The summed E-state index contributed by atoms with van der Waals surface area (Å²) in [6, 6.07) is 5.56. The molecule has 2 aromatic rings. The molecule has 0 fully saturated rings. The van der Waals surface area contributed by atoms with Gasteiger partial charge in [-0.15, -0.1) is 5.10 Å². The van der Waals surface area contributed by atoms with E-state index in [4.69, 9.17) is 5.73 Å². The first-order valence-corrected chi connectivity index (χ1v) is 4.01. The summed E-state index contributed by atoms with van der Waals surface area (Å²) in [4.78, 5) is 0. The number of nitrogens with two attached hydrogens (primary N) is 1. The van der Waals surface area contributed by atoms with E-state index < -0.39 is 6.10 Å². The molecule has 2 aromatic heterocycles. The maximum absolute atomic E-state index is 9.48. The number of aliphatic hydroxyl groups is 1. The van der Waals surface area contributed by atoms with Crippen LogP contribution in [-0.4, -0.2) is 26.5 Å². The third kappa shape index (κ3) is 1.28. The molecule has 68 valence electrons. The molecule has 0 aliphatic heterocycles. The van der Waals surface area contributed by atoms with Crippen molar-refractivity contribution in [3.63, 3.8) is 0 Å². The minimum atomic E-state index is -0.736. The molecule has 2 heterocycles. The number of pyridine rings is 1. The summed E-state index contributed by atoms with van der Waals surface area (Å²) in [5.41, 5.74) is 6.65. The van der Waals surface area contributed by atoms with Gasteiger partial charge in [0.1, 0.15) is 11.8 Å². The summed E-state index contributed by atoms with van der Waals surface area (Å²) in [7, 11) is 0. The highest BCUT2D eigenvalue weighted by molar-refractivity contribution is 5.51. The highest BCUT2D eigenvalue weighted by atomic mass is 16.3. The van der Waals surface area contributed by atoms with E-state index in [1.54, 1.807) is 10.7 Å². The van der Waals surface area contributed by atoms with Crippen LogP contribution in [0, 0.1) is 0 Å². The molecular formula is C8H10N4O. The van der Waals surface area contributed by atoms with Crippen molar-refractivity contribution >= 4 is 5.52 Å². The topological polar surface area (TPSA) is 76.4 Å². The van der Waals surface area contributed by atoms with Crippen LogP contribution < -0.4 is 5.73 Å². The predicted molar refractivity (Wildman–Crippen MR) is 47.0 cm³/mol. The van der Waals surface area contributed by atoms with Crippen LogP contribution in [0.5, 0.6) is 0 Å². The molecule has 0 aromatic carbocycles. The normalized spacial score (nSPS) is 13.4. The Morgan fingerprint density at radius 3 is 3.15 bits per heavy atom. The molecule has 0 radical (unpaired) electrons. The van der Waals surface area contributed by atoms with Gasteiger partial charge in [0.05, 0.1) is 5.52 Å². The first kappa shape index (κ1) is 8.15. The lowest BCUT2D eigenvalue weighted by Gasteiger charge is -2.02. The molecule has 0 aliphatic rings. The fraction of sp³-hybridized carbons (Fsp3) is 0.250. The summed E-state index contributed by atoms with van der Waals surface area (Å²) in [5, 5.41) is 17.2. The van der Waals surface area contributed by atoms with E-state index in [-0.39, 0.29) is 6.54 Å². The summed E-state index contributed by atoms with van der Waals surface area (Å²) in [5.74, 6) is 0. The maximum Gasteiger partial charge on any atom is 0.120 e. The van der Waals surface area contributed by atoms with Gasteiger partial charge in [0.15, 0.2) is 0 Å². The molecule has 1 atom stereocenters. The van der Waals surface area contributed by atoms with E-state index in [9.17, 15) is 5.11 Å². The van der Waals surface area contributed by atoms with Gasteiger partial charge in [0.25, 0.3) is 0 Å².